The molecule has 0 saturated carbocycles. The molecule has 10 heteroatoms. The van der Waals surface area contributed by atoms with Crippen molar-refractivity contribution in [2.75, 3.05) is 19.7 Å². The first-order valence-electron chi connectivity index (χ1n) is 12.7. The van der Waals surface area contributed by atoms with Crippen molar-refractivity contribution in [1.29, 1.82) is 0 Å². The Morgan fingerprint density at radius 1 is 1.21 bits per heavy atom. The second kappa shape index (κ2) is 10.4. The lowest BCUT2D eigenvalue weighted by molar-refractivity contribution is 0.0999. The molecular weight excluding hydrogens is 507 g/mol. The van der Waals surface area contributed by atoms with Gasteiger partial charge < -0.3 is 10.8 Å². The third-order valence-electron chi connectivity index (χ3n) is 7.72. The lowest BCUT2D eigenvalue weighted by atomic mass is 9.80. The number of benzene rings is 2. The second-order valence-electron chi connectivity index (χ2n) is 9.99. The summed E-state index contributed by atoms with van der Waals surface area (Å²) in [5.74, 6) is -1.27. The van der Waals surface area contributed by atoms with Gasteiger partial charge in [-0.2, -0.15) is 9.40 Å². The zero-order valence-corrected chi connectivity index (χ0v) is 22.0. The normalized spacial score (nSPS) is 19.1. The van der Waals surface area contributed by atoms with Gasteiger partial charge in [-0.3, -0.25) is 4.79 Å². The molecule has 1 amide bonds. The maximum Gasteiger partial charge on any atom is 0.249 e. The van der Waals surface area contributed by atoms with Gasteiger partial charge in [-0.1, -0.05) is 36.3 Å². The Bertz CT molecular complexity index is 1500. The number of carbonyl (C=O) groups is 1. The number of sulfonamides is 1. The topological polar surface area (TPSA) is 119 Å². The Morgan fingerprint density at radius 2 is 1.95 bits per heavy atom. The van der Waals surface area contributed by atoms with Crippen molar-refractivity contribution in [3.05, 3.63) is 94.1 Å². The number of primary amides is 1. The number of hydrogen-bond acceptors (Lipinski definition) is 5. The van der Waals surface area contributed by atoms with Crippen LogP contribution in [0.25, 0.3) is 5.69 Å². The summed E-state index contributed by atoms with van der Waals surface area (Å²) in [7, 11) is -3.84. The van der Waals surface area contributed by atoms with Crippen LogP contribution in [0.1, 0.15) is 52.9 Å². The van der Waals surface area contributed by atoms with Gasteiger partial charge in [-0.05, 0) is 54.7 Å². The van der Waals surface area contributed by atoms with E-state index < -0.39 is 15.9 Å². The number of nitrogens with zero attached hydrogens (tertiary/aromatic N) is 3. The number of aromatic nitrogens is 2. The first-order valence-corrected chi connectivity index (χ1v) is 14.3. The van der Waals surface area contributed by atoms with E-state index in [1.807, 2.05) is 10.9 Å². The minimum Gasteiger partial charge on any atom is -0.395 e. The number of carbonyl (C=O) groups excluding carboxylic acids is 1. The van der Waals surface area contributed by atoms with Crippen LogP contribution in [-0.4, -0.2) is 53.2 Å². The highest BCUT2D eigenvalue weighted by molar-refractivity contribution is 7.88. The molecule has 8 nitrogen and oxygen atoms in total. The summed E-state index contributed by atoms with van der Waals surface area (Å²) in [5.41, 5.74) is 11.5. The van der Waals surface area contributed by atoms with Gasteiger partial charge in [-0.25, -0.2) is 17.5 Å². The van der Waals surface area contributed by atoms with Gasteiger partial charge in [0.25, 0.3) is 0 Å². The number of amides is 1. The van der Waals surface area contributed by atoms with Crippen LogP contribution < -0.4 is 5.73 Å². The standard InChI is InChI=1S/C28H31FN4O4S/c1-18-25-15-31-33(23-10-8-22(29)9-11-23)26(25)14-19-6-7-20(27(18)19)16-32(12-13-34)38(36,37)17-21-4-2-3-5-24(21)28(30)35/h2-5,8-11,15,18,20,34H,6-7,12-14,16-17H2,1H3,(H2,30,35)/t18-,20-/m0/s1. The first kappa shape index (κ1) is 26.3. The molecule has 0 spiro atoms. The third-order valence-corrected chi connectivity index (χ3v) is 9.51. The van der Waals surface area contributed by atoms with Crippen molar-refractivity contribution in [2.45, 2.75) is 37.9 Å². The molecule has 1 heterocycles. The fourth-order valence-electron chi connectivity index (χ4n) is 5.95. The SMILES string of the molecule is C[C@@H]1C2=C(CC[C@H]2CN(CCO)S(=O)(=O)Cc2ccccc2C(N)=O)Cc2c1cnn2-c1ccc(F)cc1. The molecule has 0 fully saturated rings. The van der Waals surface area contributed by atoms with Gasteiger partial charge in [0.2, 0.25) is 15.9 Å². The van der Waals surface area contributed by atoms with Gasteiger partial charge in [0.05, 0.1) is 29.9 Å². The summed E-state index contributed by atoms with van der Waals surface area (Å²) in [6.07, 6.45) is 4.24. The maximum atomic E-state index is 13.5. The lowest BCUT2D eigenvalue weighted by Gasteiger charge is -2.30. The summed E-state index contributed by atoms with van der Waals surface area (Å²) >= 11 is 0. The van der Waals surface area contributed by atoms with Crippen LogP contribution in [0.3, 0.4) is 0 Å². The molecule has 0 radical (unpaired) electrons. The quantitative estimate of drug-likeness (QED) is 0.405. The van der Waals surface area contributed by atoms with Crippen LogP contribution in [0, 0.1) is 11.7 Å². The van der Waals surface area contributed by atoms with Crippen LogP contribution in [0.2, 0.25) is 0 Å². The van der Waals surface area contributed by atoms with Gasteiger partial charge in [0, 0.05) is 36.6 Å². The Hall–Kier alpha value is -3.34. The molecule has 2 aliphatic rings. The van der Waals surface area contributed by atoms with Crippen molar-refractivity contribution in [3.63, 3.8) is 0 Å². The molecule has 5 rings (SSSR count). The first-order chi connectivity index (χ1) is 18.2. The number of nitrogens with two attached hydrogens (primary N) is 1. The van der Waals surface area contributed by atoms with E-state index in [-0.39, 0.29) is 48.7 Å². The number of halogens is 1. The van der Waals surface area contributed by atoms with E-state index in [1.165, 1.54) is 33.7 Å². The second-order valence-corrected chi connectivity index (χ2v) is 12.0. The summed E-state index contributed by atoms with van der Waals surface area (Å²) in [4.78, 5) is 11.8. The average molecular weight is 539 g/mol. The minimum absolute atomic E-state index is 0.00929. The number of fused-ring (bicyclic) bond motifs is 1. The molecule has 0 bridgehead atoms. The Balaban J connectivity index is 1.39. The number of aliphatic hydroxyl groups excluding tert-OH is 1. The summed E-state index contributed by atoms with van der Waals surface area (Å²) in [6.45, 7) is 2.05. The van der Waals surface area contributed by atoms with E-state index in [2.05, 4.69) is 12.0 Å². The smallest absolute Gasteiger partial charge is 0.249 e. The molecule has 2 aromatic carbocycles. The molecule has 200 valence electrons. The van der Waals surface area contributed by atoms with E-state index in [9.17, 15) is 22.7 Å². The molecule has 0 saturated heterocycles. The molecule has 38 heavy (non-hydrogen) atoms. The van der Waals surface area contributed by atoms with Crippen LogP contribution >= 0.6 is 0 Å². The highest BCUT2D eigenvalue weighted by atomic mass is 32.2. The predicted octanol–water partition coefficient (Wildman–Crippen LogP) is 3.30. The van der Waals surface area contributed by atoms with Crippen molar-refractivity contribution in [3.8, 4) is 5.69 Å². The fourth-order valence-corrected chi connectivity index (χ4v) is 7.55. The lowest BCUT2D eigenvalue weighted by Crippen LogP contribution is -2.39. The Labute approximate surface area is 221 Å². The summed E-state index contributed by atoms with van der Waals surface area (Å²) < 4.78 is 43.6. The molecule has 1 aromatic heterocycles. The van der Waals surface area contributed by atoms with E-state index >= 15 is 0 Å². The van der Waals surface area contributed by atoms with Crippen molar-refractivity contribution in [1.82, 2.24) is 14.1 Å². The molecule has 2 aliphatic carbocycles. The zero-order chi connectivity index (χ0) is 27.0. The van der Waals surface area contributed by atoms with Crippen molar-refractivity contribution < 1.29 is 22.7 Å². The largest absolute Gasteiger partial charge is 0.395 e. The summed E-state index contributed by atoms with van der Waals surface area (Å²) in [6, 6.07) is 12.7. The van der Waals surface area contributed by atoms with Crippen LogP contribution in [0.5, 0.6) is 0 Å². The summed E-state index contributed by atoms with van der Waals surface area (Å²) in [5, 5.41) is 14.3. The van der Waals surface area contributed by atoms with Crippen molar-refractivity contribution >= 4 is 15.9 Å². The maximum absolute atomic E-state index is 13.5. The van der Waals surface area contributed by atoms with Gasteiger partial charge in [0.1, 0.15) is 5.82 Å². The zero-order valence-electron chi connectivity index (χ0n) is 21.2. The average Bonchev–Trinajstić information content (AvgIpc) is 3.49. The Morgan fingerprint density at radius 3 is 2.66 bits per heavy atom. The number of allylic oxidation sites excluding steroid dienone is 1. The van der Waals surface area contributed by atoms with Crippen LogP contribution in [-0.2, 0) is 22.2 Å². The molecular formula is C28H31FN4O4S. The van der Waals surface area contributed by atoms with Crippen molar-refractivity contribution in [2.24, 2.45) is 11.7 Å². The van der Waals surface area contributed by atoms with E-state index in [4.69, 9.17) is 5.73 Å². The highest BCUT2D eigenvalue weighted by Crippen LogP contribution is 2.47. The predicted molar refractivity (Wildman–Crippen MR) is 142 cm³/mol. The number of rotatable bonds is 9. The van der Waals surface area contributed by atoms with Crippen LogP contribution in [0.15, 0.2) is 65.9 Å². The third kappa shape index (κ3) is 4.91. The monoisotopic (exact) mass is 538 g/mol. The number of aliphatic hydroxyl groups is 1. The van der Waals surface area contributed by atoms with E-state index in [0.717, 1.165) is 29.8 Å². The molecule has 0 aliphatic heterocycles. The van der Waals surface area contributed by atoms with Gasteiger partial charge in [-0.15, -0.1) is 0 Å². The minimum atomic E-state index is -3.84. The van der Waals surface area contributed by atoms with Gasteiger partial charge >= 0.3 is 0 Å². The highest BCUT2D eigenvalue weighted by Gasteiger charge is 2.38. The molecule has 0 unspecified atom stereocenters. The molecule has 3 N–H and O–H groups in total. The van der Waals surface area contributed by atoms with Crippen LogP contribution in [0.4, 0.5) is 4.39 Å². The molecule has 2 atom stereocenters. The molecule has 3 aromatic rings. The fraction of sp³-hybridized carbons (Fsp3) is 0.357. The van der Waals surface area contributed by atoms with E-state index in [0.29, 0.717) is 12.0 Å². The number of hydrogen-bond donors (Lipinski definition) is 2. The van der Waals surface area contributed by atoms with E-state index in [1.54, 1.807) is 30.3 Å². The van der Waals surface area contributed by atoms with Gasteiger partial charge in [0.15, 0.2) is 0 Å². The Kier molecular flexibility index (Phi) is 7.21.